The van der Waals surface area contributed by atoms with Crippen molar-refractivity contribution < 1.29 is 4.74 Å². The van der Waals surface area contributed by atoms with Gasteiger partial charge in [0, 0.05) is 35.9 Å². The molecule has 23 heavy (non-hydrogen) atoms. The summed E-state index contributed by atoms with van der Waals surface area (Å²) in [5.41, 5.74) is 4.84. The van der Waals surface area contributed by atoms with Gasteiger partial charge < -0.3 is 14.2 Å². The number of rotatable bonds is 3. The molecule has 1 aliphatic heterocycles. The zero-order valence-electron chi connectivity index (χ0n) is 13.2. The standard InChI is InChI=1S/C20H20N2O/c1-16-7-9-18(10-8-16)21-12-11-17(15-21)20-22(13-14-23-20)19-5-3-2-4-6-19/h2-12,15,20H,13-14H2,1H3/t20-/m0/s1. The lowest BCUT2D eigenvalue weighted by Crippen LogP contribution is -2.22. The van der Waals surface area contributed by atoms with Crippen LogP contribution in [-0.2, 0) is 4.74 Å². The van der Waals surface area contributed by atoms with Crippen molar-refractivity contribution in [3.8, 4) is 5.69 Å². The summed E-state index contributed by atoms with van der Waals surface area (Å²) in [6.07, 6.45) is 4.26. The summed E-state index contributed by atoms with van der Waals surface area (Å²) < 4.78 is 8.14. The SMILES string of the molecule is Cc1ccc(-n2ccc([C@@H]3OCCN3c3ccccc3)c2)cc1. The monoisotopic (exact) mass is 304 g/mol. The predicted octanol–water partition coefficient (Wildman–Crippen LogP) is 4.32. The molecule has 2 heterocycles. The summed E-state index contributed by atoms with van der Waals surface area (Å²) in [7, 11) is 0. The minimum absolute atomic E-state index is 0.0101. The van der Waals surface area contributed by atoms with E-state index in [-0.39, 0.29) is 6.23 Å². The van der Waals surface area contributed by atoms with Crippen LogP contribution in [0.5, 0.6) is 0 Å². The van der Waals surface area contributed by atoms with Gasteiger partial charge in [-0.05, 0) is 37.3 Å². The van der Waals surface area contributed by atoms with Gasteiger partial charge in [-0.15, -0.1) is 0 Å². The maximum atomic E-state index is 5.99. The summed E-state index contributed by atoms with van der Waals surface area (Å²) in [6.45, 7) is 3.79. The van der Waals surface area contributed by atoms with Gasteiger partial charge in [-0.1, -0.05) is 35.9 Å². The Bertz CT molecular complexity index is 777. The maximum Gasteiger partial charge on any atom is 0.158 e. The van der Waals surface area contributed by atoms with E-state index >= 15 is 0 Å². The summed E-state index contributed by atoms with van der Waals surface area (Å²) in [5.74, 6) is 0. The first-order chi connectivity index (χ1) is 11.3. The Kier molecular flexibility index (Phi) is 3.64. The highest BCUT2D eigenvalue weighted by Gasteiger charge is 2.27. The first-order valence-electron chi connectivity index (χ1n) is 7.99. The summed E-state index contributed by atoms with van der Waals surface area (Å²) in [4.78, 5) is 2.31. The first kappa shape index (κ1) is 14.1. The van der Waals surface area contributed by atoms with Crippen LogP contribution in [0.2, 0.25) is 0 Å². The van der Waals surface area contributed by atoms with Crippen molar-refractivity contribution in [3.05, 3.63) is 84.2 Å². The number of hydrogen-bond acceptors (Lipinski definition) is 2. The number of aryl methyl sites for hydroxylation is 1. The van der Waals surface area contributed by atoms with Crippen LogP contribution in [0, 0.1) is 6.92 Å². The fourth-order valence-corrected chi connectivity index (χ4v) is 3.07. The molecule has 0 radical (unpaired) electrons. The molecule has 1 atom stereocenters. The van der Waals surface area contributed by atoms with E-state index in [4.69, 9.17) is 4.74 Å². The zero-order chi connectivity index (χ0) is 15.6. The molecule has 0 unspecified atom stereocenters. The van der Waals surface area contributed by atoms with Crippen molar-refractivity contribution in [2.45, 2.75) is 13.2 Å². The Morgan fingerprint density at radius 2 is 1.70 bits per heavy atom. The van der Waals surface area contributed by atoms with Gasteiger partial charge in [0.1, 0.15) is 0 Å². The number of aromatic nitrogens is 1. The molecule has 1 fully saturated rings. The molecule has 0 amide bonds. The second-order valence-corrected chi connectivity index (χ2v) is 5.94. The van der Waals surface area contributed by atoms with Crippen LogP contribution in [0.15, 0.2) is 73.1 Å². The number of benzene rings is 2. The summed E-state index contributed by atoms with van der Waals surface area (Å²) in [5, 5.41) is 0. The normalized spacial score (nSPS) is 17.6. The lowest BCUT2D eigenvalue weighted by atomic mass is 10.2. The average molecular weight is 304 g/mol. The third-order valence-corrected chi connectivity index (χ3v) is 4.31. The lowest BCUT2D eigenvalue weighted by Gasteiger charge is -2.24. The van der Waals surface area contributed by atoms with Crippen LogP contribution in [0.4, 0.5) is 5.69 Å². The summed E-state index contributed by atoms with van der Waals surface area (Å²) in [6, 6.07) is 21.2. The van der Waals surface area contributed by atoms with Crippen molar-refractivity contribution in [3.63, 3.8) is 0 Å². The molecule has 0 N–H and O–H groups in total. The van der Waals surface area contributed by atoms with E-state index in [1.54, 1.807) is 0 Å². The van der Waals surface area contributed by atoms with Gasteiger partial charge in [-0.2, -0.15) is 0 Å². The zero-order valence-corrected chi connectivity index (χ0v) is 13.2. The van der Waals surface area contributed by atoms with Crippen molar-refractivity contribution in [1.29, 1.82) is 0 Å². The first-order valence-corrected chi connectivity index (χ1v) is 7.99. The van der Waals surface area contributed by atoms with E-state index in [1.165, 1.54) is 22.5 Å². The molecule has 4 rings (SSSR count). The van der Waals surface area contributed by atoms with Crippen molar-refractivity contribution >= 4 is 5.69 Å². The Balaban J connectivity index is 1.62. The third-order valence-electron chi connectivity index (χ3n) is 4.31. The van der Waals surface area contributed by atoms with E-state index < -0.39 is 0 Å². The smallest absolute Gasteiger partial charge is 0.158 e. The summed E-state index contributed by atoms with van der Waals surface area (Å²) >= 11 is 0. The number of hydrogen-bond donors (Lipinski definition) is 0. The van der Waals surface area contributed by atoms with E-state index in [9.17, 15) is 0 Å². The van der Waals surface area contributed by atoms with Gasteiger partial charge in [-0.25, -0.2) is 0 Å². The minimum atomic E-state index is -0.0101. The molecule has 1 aliphatic rings. The molecule has 116 valence electrons. The van der Waals surface area contributed by atoms with Crippen LogP contribution >= 0.6 is 0 Å². The van der Waals surface area contributed by atoms with Crippen molar-refractivity contribution in [1.82, 2.24) is 4.57 Å². The van der Waals surface area contributed by atoms with E-state index in [0.29, 0.717) is 0 Å². The van der Waals surface area contributed by atoms with Gasteiger partial charge in [-0.3, -0.25) is 0 Å². The maximum absolute atomic E-state index is 5.99. The Hall–Kier alpha value is -2.52. The Morgan fingerprint density at radius 1 is 0.913 bits per heavy atom. The van der Waals surface area contributed by atoms with Crippen LogP contribution in [0.1, 0.15) is 17.4 Å². The minimum Gasteiger partial charge on any atom is -0.352 e. The molecule has 0 spiro atoms. The fraction of sp³-hybridized carbons (Fsp3) is 0.200. The molecule has 1 saturated heterocycles. The van der Waals surface area contributed by atoms with Crippen molar-refractivity contribution in [2.75, 3.05) is 18.1 Å². The highest BCUT2D eigenvalue weighted by molar-refractivity contribution is 5.49. The molecule has 3 nitrogen and oxygen atoms in total. The van der Waals surface area contributed by atoms with E-state index in [2.05, 4.69) is 83.4 Å². The molecule has 2 aromatic carbocycles. The highest BCUT2D eigenvalue weighted by atomic mass is 16.5. The molecule has 1 aromatic heterocycles. The van der Waals surface area contributed by atoms with Crippen molar-refractivity contribution in [2.24, 2.45) is 0 Å². The van der Waals surface area contributed by atoms with Crippen LogP contribution in [-0.4, -0.2) is 17.7 Å². The Morgan fingerprint density at radius 3 is 2.48 bits per heavy atom. The fourth-order valence-electron chi connectivity index (χ4n) is 3.07. The quantitative estimate of drug-likeness (QED) is 0.717. The third kappa shape index (κ3) is 2.76. The Labute approximate surface area is 136 Å². The molecule has 0 bridgehead atoms. The number of anilines is 1. The molecule has 0 saturated carbocycles. The van der Waals surface area contributed by atoms with Gasteiger partial charge in [0.15, 0.2) is 6.23 Å². The van der Waals surface area contributed by atoms with Gasteiger partial charge >= 0.3 is 0 Å². The van der Waals surface area contributed by atoms with E-state index in [1.807, 2.05) is 6.07 Å². The predicted molar refractivity (Wildman–Crippen MR) is 93.0 cm³/mol. The topological polar surface area (TPSA) is 17.4 Å². The number of ether oxygens (including phenoxy) is 1. The van der Waals surface area contributed by atoms with Crippen LogP contribution in [0.25, 0.3) is 5.69 Å². The van der Waals surface area contributed by atoms with Crippen LogP contribution < -0.4 is 4.90 Å². The van der Waals surface area contributed by atoms with Crippen LogP contribution in [0.3, 0.4) is 0 Å². The largest absolute Gasteiger partial charge is 0.352 e. The number of para-hydroxylation sites is 1. The lowest BCUT2D eigenvalue weighted by molar-refractivity contribution is 0.114. The molecular formula is C20H20N2O. The van der Waals surface area contributed by atoms with Gasteiger partial charge in [0.05, 0.1) is 6.61 Å². The molecular weight excluding hydrogens is 284 g/mol. The number of nitrogens with zero attached hydrogens (tertiary/aromatic N) is 2. The average Bonchev–Trinajstić information content (AvgIpc) is 3.25. The van der Waals surface area contributed by atoms with E-state index in [0.717, 1.165) is 13.2 Å². The molecule has 3 aromatic rings. The highest BCUT2D eigenvalue weighted by Crippen LogP contribution is 2.32. The van der Waals surface area contributed by atoms with Gasteiger partial charge in [0.2, 0.25) is 0 Å². The second kappa shape index (κ2) is 5.94. The molecule has 0 aliphatic carbocycles. The van der Waals surface area contributed by atoms with Gasteiger partial charge in [0.25, 0.3) is 0 Å². The molecule has 3 heteroatoms. The second-order valence-electron chi connectivity index (χ2n) is 5.94.